The minimum absolute atomic E-state index is 0.123. The van der Waals surface area contributed by atoms with Gasteiger partial charge in [0.05, 0.1) is 12.2 Å². The Balaban J connectivity index is 2.71. The minimum Gasteiger partial charge on any atom is -0.394 e. The zero-order valence-corrected chi connectivity index (χ0v) is 8.27. The fraction of sp³-hybridized carbons (Fsp3) is 0.300. The number of hydrogen-bond donors (Lipinski definition) is 2. The maximum absolute atomic E-state index is 11.4. The summed E-state index contributed by atoms with van der Waals surface area (Å²) in [5.41, 5.74) is 0.635. The summed E-state index contributed by atoms with van der Waals surface area (Å²) in [5.74, 6) is -0.360. The Labute approximate surface area is 87.4 Å². The van der Waals surface area contributed by atoms with Crippen LogP contribution in [0.4, 0.5) is 0 Å². The molecule has 0 aliphatic rings. The average Bonchev–Trinajstić information content (AvgIpc) is 2.29. The van der Waals surface area contributed by atoms with Crippen molar-refractivity contribution in [1.82, 2.24) is 10.3 Å². The second kappa shape index (κ2) is 5.08. The van der Waals surface area contributed by atoms with Crippen molar-refractivity contribution in [2.45, 2.75) is 13.0 Å². The first-order chi connectivity index (χ1) is 7.17. The number of nitrogens with one attached hydrogen (secondary N) is 1. The van der Waals surface area contributed by atoms with Crippen molar-refractivity contribution in [1.29, 1.82) is 5.26 Å². The Morgan fingerprint density at radius 3 is 2.93 bits per heavy atom. The Hall–Kier alpha value is -1.93. The van der Waals surface area contributed by atoms with Gasteiger partial charge < -0.3 is 10.4 Å². The fourth-order valence-corrected chi connectivity index (χ4v) is 0.938. The predicted octanol–water partition coefficient (Wildman–Crippen LogP) is 0.0639. The van der Waals surface area contributed by atoms with Gasteiger partial charge in [-0.1, -0.05) is 0 Å². The summed E-state index contributed by atoms with van der Waals surface area (Å²) in [5, 5.41) is 19.8. The lowest BCUT2D eigenvalue weighted by atomic mass is 10.2. The van der Waals surface area contributed by atoms with Crippen LogP contribution in [0.3, 0.4) is 0 Å². The lowest BCUT2D eigenvalue weighted by Crippen LogP contribution is -2.35. The summed E-state index contributed by atoms with van der Waals surface area (Å²) in [6, 6.07) is 4.59. The van der Waals surface area contributed by atoms with Crippen LogP contribution < -0.4 is 5.32 Å². The van der Waals surface area contributed by atoms with Gasteiger partial charge in [-0.3, -0.25) is 4.79 Å². The van der Waals surface area contributed by atoms with E-state index in [0.717, 1.165) is 0 Å². The third-order valence-electron chi connectivity index (χ3n) is 1.78. The van der Waals surface area contributed by atoms with Crippen molar-refractivity contribution >= 4 is 5.91 Å². The van der Waals surface area contributed by atoms with Crippen molar-refractivity contribution in [3.63, 3.8) is 0 Å². The van der Waals surface area contributed by atoms with Crippen LogP contribution in [0.25, 0.3) is 0 Å². The molecule has 0 fully saturated rings. The van der Waals surface area contributed by atoms with Crippen molar-refractivity contribution in [2.24, 2.45) is 0 Å². The molecule has 0 radical (unpaired) electrons. The Bertz CT molecular complexity index is 381. The van der Waals surface area contributed by atoms with Gasteiger partial charge in [-0.05, 0) is 19.1 Å². The normalized spacial score (nSPS) is 11.5. The molecule has 0 aliphatic heterocycles. The molecule has 0 bridgehead atoms. The summed E-state index contributed by atoms with van der Waals surface area (Å²) >= 11 is 0. The van der Waals surface area contributed by atoms with Crippen LogP contribution in [-0.4, -0.2) is 28.6 Å². The molecule has 78 valence electrons. The molecule has 2 N–H and O–H groups in total. The summed E-state index contributed by atoms with van der Waals surface area (Å²) in [4.78, 5) is 15.3. The summed E-state index contributed by atoms with van der Waals surface area (Å²) in [7, 11) is 0. The average molecular weight is 205 g/mol. The smallest absolute Gasteiger partial charge is 0.270 e. The molecule has 1 rings (SSSR count). The van der Waals surface area contributed by atoms with E-state index in [1.807, 2.05) is 6.07 Å². The van der Waals surface area contributed by atoms with Gasteiger partial charge in [-0.2, -0.15) is 5.26 Å². The molecule has 0 saturated carbocycles. The molecule has 5 heteroatoms. The number of hydrogen-bond acceptors (Lipinski definition) is 4. The summed E-state index contributed by atoms with van der Waals surface area (Å²) < 4.78 is 0. The fourth-order valence-electron chi connectivity index (χ4n) is 0.938. The van der Waals surface area contributed by atoms with Gasteiger partial charge in [0.25, 0.3) is 5.91 Å². The van der Waals surface area contributed by atoms with E-state index in [0.29, 0.717) is 5.56 Å². The molecule has 1 heterocycles. The molecule has 1 aromatic rings. The van der Waals surface area contributed by atoms with Crippen LogP contribution in [0.15, 0.2) is 18.3 Å². The second-order valence-corrected chi connectivity index (χ2v) is 3.10. The zero-order chi connectivity index (χ0) is 11.3. The number of nitriles is 1. The highest BCUT2D eigenvalue weighted by atomic mass is 16.3. The number of rotatable bonds is 3. The highest BCUT2D eigenvalue weighted by Crippen LogP contribution is 1.99. The van der Waals surface area contributed by atoms with Crippen molar-refractivity contribution in [3.05, 3.63) is 29.6 Å². The van der Waals surface area contributed by atoms with Crippen LogP contribution in [-0.2, 0) is 0 Å². The molecule has 1 aromatic heterocycles. The standard InChI is InChI=1S/C10H11N3O2/c1-7(6-14)13-10(15)9-3-2-8(4-11)5-12-9/h2-3,5,7,14H,6H2,1H3,(H,13,15). The molecule has 0 aromatic carbocycles. The quantitative estimate of drug-likeness (QED) is 0.730. The first kappa shape index (κ1) is 11.1. The number of aromatic nitrogens is 1. The number of aliphatic hydroxyl groups is 1. The van der Waals surface area contributed by atoms with E-state index in [4.69, 9.17) is 10.4 Å². The largest absolute Gasteiger partial charge is 0.394 e. The highest BCUT2D eigenvalue weighted by molar-refractivity contribution is 5.92. The number of pyridine rings is 1. The lowest BCUT2D eigenvalue weighted by Gasteiger charge is -2.09. The first-order valence-corrected chi connectivity index (χ1v) is 4.45. The topological polar surface area (TPSA) is 86.0 Å². The molecule has 0 saturated heterocycles. The molecule has 1 unspecified atom stereocenters. The minimum atomic E-state index is -0.360. The van der Waals surface area contributed by atoms with Crippen LogP contribution in [0.1, 0.15) is 23.0 Å². The van der Waals surface area contributed by atoms with Crippen LogP contribution >= 0.6 is 0 Å². The molecule has 1 amide bonds. The van der Waals surface area contributed by atoms with E-state index in [1.54, 1.807) is 6.92 Å². The van der Waals surface area contributed by atoms with Gasteiger partial charge in [0, 0.05) is 12.2 Å². The molecule has 0 aliphatic carbocycles. The maximum atomic E-state index is 11.4. The van der Waals surface area contributed by atoms with Gasteiger partial charge >= 0.3 is 0 Å². The number of carbonyl (C=O) groups is 1. The van der Waals surface area contributed by atoms with Crippen LogP contribution in [0.5, 0.6) is 0 Å². The molecule has 5 nitrogen and oxygen atoms in total. The first-order valence-electron chi connectivity index (χ1n) is 4.45. The van der Waals surface area contributed by atoms with Crippen LogP contribution in [0.2, 0.25) is 0 Å². The van der Waals surface area contributed by atoms with Gasteiger partial charge in [-0.25, -0.2) is 4.98 Å². The van der Waals surface area contributed by atoms with E-state index < -0.39 is 0 Å². The maximum Gasteiger partial charge on any atom is 0.270 e. The number of carbonyl (C=O) groups excluding carboxylic acids is 1. The summed E-state index contributed by atoms with van der Waals surface area (Å²) in [6.45, 7) is 1.56. The van der Waals surface area contributed by atoms with Crippen molar-refractivity contribution in [3.8, 4) is 6.07 Å². The van der Waals surface area contributed by atoms with Crippen molar-refractivity contribution < 1.29 is 9.90 Å². The third kappa shape index (κ3) is 3.04. The summed E-state index contributed by atoms with van der Waals surface area (Å²) in [6.07, 6.45) is 1.33. The SMILES string of the molecule is CC(CO)NC(=O)c1ccc(C#N)cn1. The number of nitrogens with zero attached hydrogens (tertiary/aromatic N) is 2. The van der Waals surface area contributed by atoms with E-state index in [2.05, 4.69) is 10.3 Å². The Kier molecular flexibility index (Phi) is 3.77. The molecule has 0 spiro atoms. The van der Waals surface area contributed by atoms with E-state index in [9.17, 15) is 4.79 Å². The van der Waals surface area contributed by atoms with E-state index >= 15 is 0 Å². The molecule has 15 heavy (non-hydrogen) atoms. The number of amides is 1. The second-order valence-electron chi connectivity index (χ2n) is 3.10. The van der Waals surface area contributed by atoms with Gasteiger partial charge in [-0.15, -0.1) is 0 Å². The van der Waals surface area contributed by atoms with Gasteiger partial charge in [0.15, 0.2) is 0 Å². The molecule has 1 atom stereocenters. The lowest BCUT2D eigenvalue weighted by molar-refractivity contribution is 0.0917. The van der Waals surface area contributed by atoms with Gasteiger partial charge in [0.1, 0.15) is 11.8 Å². The number of aliphatic hydroxyl groups excluding tert-OH is 1. The molecular weight excluding hydrogens is 194 g/mol. The third-order valence-corrected chi connectivity index (χ3v) is 1.78. The monoisotopic (exact) mass is 205 g/mol. The Morgan fingerprint density at radius 2 is 2.47 bits per heavy atom. The van der Waals surface area contributed by atoms with Gasteiger partial charge in [0.2, 0.25) is 0 Å². The van der Waals surface area contributed by atoms with E-state index in [1.165, 1.54) is 18.3 Å². The highest BCUT2D eigenvalue weighted by Gasteiger charge is 2.09. The van der Waals surface area contributed by atoms with E-state index in [-0.39, 0.29) is 24.2 Å². The predicted molar refractivity (Wildman–Crippen MR) is 53.0 cm³/mol. The molecular formula is C10H11N3O2. The van der Waals surface area contributed by atoms with Crippen molar-refractivity contribution in [2.75, 3.05) is 6.61 Å². The van der Waals surface area contributed by atoms with Crippen LogP contribution in [0, 0.1) is 11.3 Å². The zero-order valence-electron chi connectivity index (χ0n) is 8.27. The Morgan fingerprint density at radius 1 is 1.73 bits per heavy atom.